The number of carbonyl (C=O) groups is 1. The Bertz CT molecular complexity index is 737. The summed E-state index contributed by atoms with van der Waals surface area (Å²) in [5.74, 6) is 1.41. The number of hydrogen-bond acceptors (Lipinski definition) is 4. The van der Waals surface area contributed by atoms with Crippen molar-refractivity contribution < 1.29 is 14.3 Å². The number of anilines is 1. The first kappa shape index (κ1) is 22.6. The average molecular weight is 393 g/mol. The van der Waals surface area contributed by atoms with Gasteiger partial charge >= 0.3 is 0 Å². The van der Waals surface area contributed by atoms with Crippen LogP contribution in [0.2, 0.25) is 0 Å². The molecule has 0 saturated heterocycles. The minimum absolute atomic E-state index is 0. The molecule has 0 aliphatic rings. The fourth-order valence-electron chi connectivity index (χ4n) is 2.74. The lowest BCUT2D eigenvalue weighted by molar-refractivity contribution is -0.121. The van der Waals surface area contributed by atoms with Crippen molar-refractivity contribution >= 4 is 24.0 Å². The highest BCUT2D eigenvalue weighted by molar-refractivity contribution is 5.85. The van der Waals surface area contributed by atoms with E-state index in [4.69, 9.17) is 15.2 Å². The van der Waals surface area contributed by atoms with Crippen LogP contribution in [0.5, 0.6) is 11.5 Å². The van der Waals surface area contributed by atoms with Crippen molar-refractivity contribution in [1.29, 1.82) is 0 Å². The molecule has 1 amide bonds. The van der Waals surface area contributed by atoms with Crippen molar-refractivity contribution in [2.24, 2.45) is 0 Å². The number of para-hydroxylation sites is 1. The quantitative estimate of drug-likeness (QED) is 0.624. The smallest absolute Gasteiger partial charge is 0.220 e. The van der Waals surface area contributed by atoms with Crippen LogP contribution in [-0.2, 0) is 11.2 Å². The summed E-state index contributed by atoms with van der Waals surface area (Å²) in [5, 5.41) is 3.03. The zero-order valence-electron chi connectivity index (χ0n) is 16.2. The number of ether oxygens (including phenoxy) is 2. The van der Waals surface area contributed by atoms with Gasteiger partial charge in [0, 0.05) is 12.1 Å². The lowest BCUT2D eigenvalue weighted by atomic mass is 10.1. The topological polar surface area (TPSA) is 73.6 Å². The van der Waals surface area contributed by atoms with Gasteiger partial charge in [-0.15, -0.1) is 12.4 Å². The summed E-state index contributed by atoms with van der Waals surface area (Å²) in [6.07, 6.45) is 1.02. The van der Waals surface area contributed by atoms with Gasteiger partial charge in [-0.1, -0.05) is 24.3 Å². The van der Waals surface area contributed by atoms with E-state index < -0.39 is 0 Å². The van der Waals surface area contributed by atoms with Gasteiger partial charge in [0.1, 0.15) is 0 Å². The van der Waals surface area contributed by atoms with E-state index in [2.05, 4.69) is 5.32 Å². The predicted molar refractivity (Wildman–Crippen MR) is 112 cm³/mol. The minimum atomic E-state index is -0.120. The summed E-state index contributed by atoms with van der Waals surface area (Å²) < 4.78 is 11.2. The summed E-state index contributed by atoms with van der Waals surface area (Å²) in [7, 11) is 0. The number of halogens is 1. The number of hydrogen-bond donors (Lipinski definition) is 2. The highest BCUT2D eigenvalue weighted by atomic mass is 35.5. The summed E-state index contributed by atoms with van der Waals surface area (Å²) in [6, 6.07) is 13.3. The molecule has 0 fully saturated rings. The molecule has 1 unspecified atom stereocenters. The molecule has 0 aliphatic carbocycles. The molecule has 0 bridgehead atoms. The molecule has 5 nitrogen and oxygen atoms in total. The van der Waals surface area contributed by atoms with E-state index in [0.29, 0.717) is 31.8 Å². The van der Waals surface area contributed by atoms with Gasteiger partial charge in [0.2, 0.25) is 5.91 Å². The largest absolute Gasteiger partial charge is 0.490 e. The molecular formula is C21H29ClN2O3. The number of benzene rings is 2. The molecule has 0 radical (unpaired) electrons. The third-order valence-corrected chi connectivity index (χ3v) is 4.12. The van der Waals surface area contributed by atoms with Crippen LogP contribution < -0.4 is 20.5 Å². The second kappa shape index (κ2) is 11.3. The van der Waals surface area contributed by atoms with E-state index in [9.17, 15) is 4.79 Å². The molecule has 2 rings (SSSR count). The molecule has 0 aliphatic heterocycles. The number of nitrogen functional groups attached to an aromatic ring is 1. The van der Waals surface area contributed by atoms with E-state index >= 15 is 0 Å². The van der Waals surface area contributed by atoms with Crippen molar-refractivity contribution in [1.82, 2.24) is 5.32 Å². The Morgan fingerprint density at radius 3 is 2.41 bits per heavy atom. The van der Waals surface area contributed by atoms with Crippen LogP contribution in [0.25, 0.3) is 0 Å². The summed E-state index contributed by atoms with van der Waals surface area (Å²) >= 11 is 0. The summed E-state index contributed by atoms with van der Waals surface area (Å²) in [6.45, 7) is 6.96. The van der Waals surface area contributed by atoms with Crippen LogP contribution in [0, 0.1) is 0 Å². The van der Waals surface area contributed by atoms with Gasteiger partial charge < -0.3 is 20.5 Å². The maximum Gasteiger partial charge on any atom is 0.220 e. The molecule has 148 valence electrons. The Hall–Kier alpha value is -2.40. The highest BCUT2D eigenvalue weighted by Crippen LogP contribution is 2.30. The zero-order chi connectivity index (χ0) is 18.9. The number of amides is 1. The van der Waals surface area contributed by atoms with Crippen molar-refractivity contribution in [3.05, 3.63) is 53.6 Å². The number of rotatable bonds is 9. The molecule has 3 N–H and O–H groups in total. The molecule has 0 heterocycles. The molecule has 0 saturated carbocycles. The van der Waals surface area contributed by atoms with Crippen molar-refractivity contribution in [2.45, 2.75) is 39.7 Å². The first-order chi connectivity index (χ1) is 12.5. The van der Waals surface area contributed by atoms with Crippen LogP contribution in [0.15, 0.2) is 42.5 Å². The van der Waals surface area contributed by atoms with Crippen molar-refractivity contribution in [3.63, 3.8) is 0 Å². The summed E-state index contributed by atoms with van der Waals surface area (Å²) in [5.41, 5.74) is 8.62. The molecule has 0 aromatic heterocycles. The normalized spacial score (nSPS) is 11.2. The minimum Gasteiger partial charge on any atom is -0.490 e. The van der Waals surface area contributed by atoms with Gasteiger partial charge in [-0.05, 0) is 56.5 Å². The van der Waals surface area contributed by atoms with Gasteiger partial charge in [-0.25, -0.2) is 0 Å². The molecule has 2 aromatic carbocycles. The highest BCUT2D eigenvalue weighted by Gasteiger charge is 2.13. The molecule has 2 aromatic rings. The number of nitrogens with two attached hydrogens (primary N) is 1. The lowest BCUT2D eigenvalue weighted by Crippen LogP contribution is -2.26. The average Bonchev–Trinajstić information content (AvgIpc) is 2.63. The maximum atomic E-state index is 12.3. The third-order valence-electron chi connectivity index (χ3n) is 4.12. The number of nitrogens with one attached hydrogen (secondary N) is 1. The zero-order valence-corrected chi connectivity index (χ0v) is 17.0. The SMILES string of the molecule is CCOc1ccc(C(C)NC(=O)CCc2ccccc2N)cc1OCC.Cl. The third kappa shape index (κ3) is 6.68. The van der Waals surface area contributed by atoms with E-state index in [1.54, 1.807) is 0 Å². The van der Waals surface area contributed by atoms with Crippen LogP contribution in [-0.4, -0.2) is 19.1 Å². The van der Waals surface area contributed by atoms with E-state index in [1.807, 2.05) is 63.2 Å². The molecule has 27 heavy (non-hydrogen) atoms. The number of carbonyl (C=O) groups excluding carboxylic acids is 1. The van der Waals surface area contributed by atoms with Crippen LogP contribution >= 0.6 is 12.4 Å². The summed E-state index contributed by atoms with van der Waals surface area (Å²) in [4.78, 5) is 12.3. The fourth-order valence-corrected chi connectivity index (χ4v) is 2.74. The fraction of sp³-hybridized carbons (Fsp3) is 0.381. The first-order valence-corrected chi connectivity index (χ1v) is 9.07. The Labute approximate surface area is 167 Å². The van der Waals surface area contributed by atoms with Crippen molar-refractivity contribution in [3.8, 4) is 11.5 Å². The van der Waals surface area contributed by atoms with E-state index in [1.165, 1.54) is 0 Å². The van der Waals surface area contributed by atoms with Crippen LogP contribution in [0.4, 0.5) is 5.69 Å². The number of aryl methyl sites for hydroxylation is 1. The Morgan fingerprint density at radius 1 is 1.07 bits per heavy atom. The van der Waals surface area contributed by atoms with E-state index in [0.717, 1.165) is 22.6 Å². The first-order valence-electron chi connectivity index (χ1n) is 9.07. The molecule has 6 heteroatoms. The monoisotopic (exact) mass is 392 g/mol. The van der Waals surface area contributed by atoms with Gasteiger partial charge in [-0.3, -0.25) is 4.79 Å². The van der Waals surface area contributed by atoms with Crippen molar-refractivity contribution in [2.75, 3.05) is 18.9 Å². The molecular weight excluding hydrogens is 364 g/mol. The van der Waals surface area contributed by atoms with Gasteiger partial charge in [-0.2, -0.15) is 0 Å². The second-order valence-electron chi connectivity index (χ2n) is 6.06. The lowest BCUT2D eigenvalue weighted by Gasteiger charge is -2.17. The van der Waals surface area contributed by atoms with Gasteiger partial charge in [0.05, 0.1) is 19.3 Å². The molecule has 0 spiro atoms. The Kier molecular flexibility index (Phi) is 9.51. The molecule has 1 atom stereocenters. The standard InChI is InChI=1S/C21H28N2O3.ClH/c1-4-25-19-12-10-17(14-20(19)26-5-2)15(3)23-21(24)13-11-16-8-6-7-9-18(16)22;/h6-10,12,14-15H,4-5,11,13,22H2,1-3H3,(H,23,24);1H. The van der Waals surface area contributed by atoms with Crippen LogP contribution in [0.3, 0.4) is 0 Å². The Balaban J connectivity index is 0.00000364. The van der Waals surface area contributed by atoms with Gasteiger partial charge in [0.25, 0.3) is 0 Å². The Morgan fingerprint density at radius 2 is 1.74 bits per heavy atom. The second-order valence-corrected chi connectivity index (χ2v) is 6.06. The van der Waals surface area contributed by atoms with Gasteiger partial charge in [0.15, 0.2) is 11.5 Å². The predicted octanol–water partition coefficient (Wildman–Crippen LogP) is 4.30. The van der Waals surface area contributed by atoms with E-state index in [-0.39, 0.29) is 24.4 Å². The maximum absolute atomic E-state index is 12.3. The van der Waals surface area contributed by atoms with Crippen LogP contribution in [0.1, 0.15) is 44.4 Å².